The molecule has 1 heterocycles. The van der Waals surface area contributed by atoms with Gasteiger partial charge < -0.3 is 10.1 Å². The van der Waals surface area contributed by atoms with Gasteiger partial charge in [-0.15, -0.1) is 11.3 Å². The Morgan fingerprint density at radius 1 is 1.42 bits per heavy atom. The van der Waals surface area contributed by atoms with Gasteiger partial charge in [-0.25, -0.2) is 0 Å². The highest BCUT2D eigenvalue weighted by molar-refractivity contribution is 7.80. The number of nitro groups is 1. The molecule has 1 aromatic carbocycles. The molecule has 8 nitrogen and oxygen atoms in total. The number of ether oxygens (including phenoxy) is 1. The lowest BCUT2D eigenvalue weighted by Crippen LogP contribution is -2.34. The smallest absolute Gasteiger partial charge is 0.311 e. The molecule has 2 aromatic rings. The van der Waals surface area contributed by atoms with Crippen molar-refractivity contribution in [3.05, 3.63) is 49.9 Å². The molecule has 1 amide bonds. The second-order valence-electron chi connectivity index (χ2n) is 8.91. The standard InChI is InChI=1S/C23H26N4O4S2/c1-5-31-18-9-6-13(10-17(18)27(29)30)20(28)25-22(32)26-21-16(12-24)15-8-7-14(23(2,3)4)11-19(15)33-21/h6,9-10,14H,5,7-8,11H2,1-4H3,(H2,25,26,28,32)/t14-/m1/s1. The van der Waals surface area contributed by atoms with Gasteiger partial charge >= 0.3 is 5.69 Å². The fourth-order valence-electron chi connectivity index (χ4n) is 3.92. The van der Waals surface area contributed by atoms with Gasteiger partial charge in [0.2, 0.25) is 0 Å². The number of benzene rings is 1. The summed E-state index contributed by atoms with van der Waals surface area (Å²) in [5, 5.41) is 27.2. The molecule has 0 unspecified atom stereocenters. The van der Waals surface area contributed by atoms with E-state index in [9.17, 15) is 20.2 Å². The maximum absolute atomic E-state index is 12.6. The van der Waals surface area contributed by atoms with Crippen molar-refractivity contribution in [2.75, 3.05) is 11.9 Å². The molecular weight excluding hydrogens is 460 g/mol. The third kappa shape index (κ3) is 5.49. The summed E-state index contributed by atoms with van der Waals surface area (Å²) in [7, 11) is 0. The first-order valence-electron chi connectivity index (χ1n) is 10.6. The third-order valence-corrected chi connectivity index (χ3v) is 7.15. The number of nitro benzene ring substituents is 1. The lowest BCUT2D eigenvalue weighted by Gasteiger charge is -2.33. The molecule has 0 aliphatic heterocycles. The van der Waals surface area contributed by atoms with Crippen molar-refractivity contribution in [3.63, 3.8) is 0 Å². The van der Waals surface area contributed by atoms with E-state index in [0.29, 0.717) is 16.5 Å². The Bertz CT molecular complexity index is 1140. The van der Waals surface area contributed by atoms with Crippen molar-refractivity contribution in [2.45, 2.75) is 47.0 Å². The molecule has 3 rings (SSSR count). The van der Waals surface area contributed by atoms with Crippen LogP contribution in [0.3, 0.4) is 0 Å². The SMILES string of the molecule is CCOc1ccc(C(=O)NC(=S)Nc2sc3c(c2C#N)CC[C@@H](C(C)(C)C)C3)cc1[N+](=O)[O-]. The quantitative estimate of drug-likeness (QED) is 0.339. The number of anilines is 1. The number of nitriles is 1. The van der Waals surface area contributed by atoms with Crippen LogP contribution in [0.2, 0.25) is 0 Å². The Balaban J connectivity index is 1.75. The Hall–Kier alpha value is -3.03. The van der Waals surface area contributed by atoms with E-state index in [4.69, 9.17) is 17.0 Å². The molecule has 0 saturated heterocycles. The molecule has 33 heavy (non-hydrogen) atoms. The minimum atomic E-state index is -0.599. The van der Waals surface area contributed by atoms with Crippen molar-refractivity contribution in [3.8, 4) is 11.8 Å². The van der Waals surface area contributed by atoms with Crippen LogP contribution in [-0.4, -0.2) is 22.5 Å². The summed E-state index contributed by atoms with van der Waals surface area (Å²) in [6.45, 7) is 8.68. The summed E-state index contributed by atoms with van der Waals surface area (Å²) in [4.78, 5) is 24.5. The van der Waals surface area contributed by atoms with Gasteiger partial charge in [0.05, 0.1) is 17.1 Å². The van der Waals surface area contributed by atoms with Crippen LogP contribution >= 0.6 is 23.6 Å². The van der Waals surface area contributed by atoms with E-state index in [1.807, 2.05) is 0 Å². The molecule has 174 valence electrons. The summed E-state index contributed by atoms with van der Waals surface area (Å²) < 4.78 is 5.25. The minimum absolute atomic E-state index is 0.0269. The molecule has 1 aliphatic rings. The van der Waals surface area contributed by atoms with Gasteiger partial charge in [-0.05, 0) is 67.4 Å². The Morgan fingerprint density at radius 2 is 2.15 bits per heavy atom. The Morgan fingerprint density at radius 3 is 2.76 bits per heavy atom. The topological polar surface area (TPSA) is 117 Å². The number of thiocarbonyl (C=S) groups is 1. The second-order valence-corrected chi connectivity index (χ2v) is 10.4. The number of amides is 1. The molecule has 2 N–H and O–H groups in total. The molecule has 0 radical (unpaired) electrons. The van der Waals surface area contributed by atoms with Gasteiger partial charge in [-0.1, -0.05) is 20.8 Å². The zero-order chi connectivity index (χ0) is 24.3. The van der Waals surface area contributed by atoms with Gasteiger partial charge in [0.15, 0.2) is 10.9 Å². The van der Waals surface area contributed by atoms with Crippen LogP contribution in [0.4, 0.5) is 10.7 Å². The molecule has 0 bridgehead atoms. The fraction of sp³-hybridized carbons (Fsp3) is 0.435. The maximum atomic E-state index is 12.6. The lowest BCUT2D eigenvalue weighted by atomic mass is 9.72. The first-order valence-corrected chi connectivity index (χ1v) is 11.9. The van der Waals surface area contributed by atoms with Crippen molar-refractivity contribution in [1.82, 2.24) is 5.32 Å². The van der Waals surface area contributed by atoms with E-state index in [1.54, 1.807) is 6.92 Å². The Kier molecular flexibility index (Phi) is 7.34. The monoisotopic (exact) mass is 486 g/mol. The zero-order valence-corrected chi connectivity index (χ0v) is 20.6. The summed E-state index contributed by atoms with van der Waals surface area (Å²) in [5.74, 6) is 0.0348. The van der Waals surface area contributed by atoms with Gasteiger partial charge in [0, 0.05) is 16.5 Å². The number of hydrogen-bond donors (Lipinski definition) is 2. The highest BCUT2D eigenvalue weighted by atomic mass is 32.1. The molecule has 0 saturated carbocycles. The van der Waals surface area contributed by atoms with Crippen LogP contribution < -0.4 is 15.4 Å². The summed E-state index contributed by atoms with van der Waals surface area (Å²) in [6.07, 6.45) is 2.78. The summed E-state index contributed by atoms with van der Waals surface area (Å²) in [6, 6.07) is 6.25. The number of carbonyl (C=O) groups excluding carboxylic acids is 1. The predicted octanol–water partition coefficient (Wildman–Crippen LogP) is 5.20. The molecule has 1 aliphatic carbocycles. The van der Waals surface area contributed by atoms with Crippen molar-refractivity contribution in [2.24, 2.45) is 11.3 Å². The van der Waals surface area contributed by atoms with Crippen molar-refractivity contribution in [1.29, 1.82) is 5.26 Å². The molecule has 0 spiro atoms. The van der Waals surface area contributed by atoms with Crippen LogP contribution in [-0.2, 0) is 12.8 Å². The number of hydrogen-bond acceptors (Lipinski definition) is 7. The van der Waals surface area contributed by atoms with Gasteiger partial charge in [-0.3, -0.25) is 20.2 Å². The molecular formula is C23H26N4O4S2. The van der Waals surface area contributed by atoms with Crippen LogP contribution in [0.25, 0.3) is 0 Å². The lowest BCUT2D eigenvalue weighted by molar-refractivity contribution is -0.385. The molecule has 1 aromatic heterocycles. The van der Waals surface area contributed by atoms with E-state index < -0.39 is 10.8 Å². The van der Waals surface area contributed by atoms with Gasteiger partial charge in [-0.2, -0.15) is 5.26 Å². The minimum Gasteiger partial charge on any atom is -0.487 e. The van der Waals surface area contributed by atoms with E-state index in [2.05, 4.69) is 37.5 Å². The fourth-order valence-corrected chi connectivity index (χ4v) is 5.46. The van der Waals surface area contributed by atoms with Crippen molar-refractivity contribution < 1.29 is 14.5 Å². The van der Waals surface area contributed by atoms with Crippen LogP contribution in [0.5, 0.6) is 5.75 Å². The average Bonchev–Trinajstić information content (AvgIpc) is 3.09. The number of nitrogens with one attached hydrogen (secondary N) is 2. The molecule has 10 heteroatoms. The summed E-state index contributed by atoms with van der Waals surface area (Å²) >= 11 is 6.78. The van der Waals surface area contributed by atoms with E-state index in [-0.39, 0.29) is 34.1 Å². The van der Waals surface area contributed by atoms with E-state index in [0.717, 1.165) is 30.9 Å². The number of thiophene rings is 1. The summed E-state index contributed by atoms with van der Waals surface area (Å²) in [5.41, 5.74) is 1.59. The molecule has 0 fully saturated rings. The normalized spacial score (nSPS) is 15.2. The number of carbonyl (C=O) groups is 1. The van der Waals surface area contributed by atoms with Crippen LogP contribution in [0.15, 0.2) is 18.2 Å². The zero-order valence-electron chi connectivity index (χ0n) is 19.0. The number of fused-ring (bicyclic) bond motifs is 1. The third-order valence-electron chi connectivity index (χ3n) is 5.77. The average molecular weight is 487 g/mol. The number of nitrogens with zero attached hydrogens (tertiary/aromatic N) is 2. The number of rotatable bonds is 5. The Labute approximate surface area is 202 Å². The van der Waals surface area contributed by atoms with Crippen LogP contribution in [0, 0.1) is 32.8 Å². The second kappa shape index (κ2) is 9.85. The van der Waals surface area contributed by atoms with Crippen molar-refractivity contribution >= 4 is 45.3 Å². The largest absolute Gasteiger partial charge is 0.487 e. The van der Waals surface area contributed by atoms with Gasteiger partial charge in [0.1, 0.15) is 11.1 Å². The van der Waals surface area contributed by atoms with Crippen LogP contribution in [0.1, 0.15) is 60.5 Å². The highest BCUT2D eigenvalue weighted by Crippen LogP contribution is 2.44. The first kappa shape index (κ1) is 24.6. The van der Waals surface area contributed by atoms with E-state index >= 15 is 0 Å². The maximum Gasteiger partial charge on any atom is 0.311 e. The van der Waals surface area contributed by atoms with Gasteiger partial charge in [0.25, 0.3) is 5.91 Å². The first-order chi connectivity index (χ1) is 15.5. The highest BCUT2D eigenvalue weighted by Gasteiger charge is 2.32. The van der Waals surface area contributed by atoms with E-state index in [1.165, 1.54) is 28.3 Å². The predicted molar refractivity (Wildman–Crippen MR) is 132 cm³/mol. The molecule has 1 atom stereocenters.